The molecule has 0 radical (unpaired) electrons. The summed E-state index contributed by atoms with van der Waals surface area (Å²) >= 11 is 1.49. The van der Waals surface area contributed by atoms with Gasteiger partial charge in [-0.25, -0.2) is 4.98 Å². The molecule has 2 fully saturated rings. The number of hydrogen-bond acceptors (Lipinski definition) is 4. The fourth-order valence-electron chi connectivity index (χ4n) is 2.64. The van der Waals surface area contributed by atoms with Gasteiger partial charge in [0.25, 0.3) is 5.91 Å². The van der Waals surface area contributed by atoms with E-state index >= 15 is 0 Å². The average Bonchev–Trinajstić information content (AvgIpc) is 2.89. The molecule has 6 heteroatoms. The first kappa shape index (κ1) is 12.8. The number of hydrogen-bond donors (Lipinski definition) is 1. The van der Waals surface area contributed by atoms with Gasteiger partial charge in [0.2, 0.25) is 0 Å². The fraction of sp³-hybridized carbons (Fsp3) is 0.636. The van der Waals surface area contributed by atoms with Crippen LogP contribution in [0.5, 0.6) is 0 Å². The van der Waals surface area contributed by atoms with Gasteiger partial charge in [-0.05, 0) is 18.8 Å². The van der Waals surface area contributed by atoms with Gasteiger partial charge < -0.3 is 10.2 Å². The van der Waals surface area contributed by atoms with Gasteiger partial charge in [0.15, 0.2) is 0 Å². The van der Waals surface area contributed by atoms with Crippen LogP contribution in [0.2, 0.25) is 0 Å². The first-order chi connectivity index (χ1) is 7.74. The number of thiazole rings is 1. The second kappa shape index (κ2) is 4.92. The number of fused-ring (bicyclic) bond motifs is 1. The molecule has 0 bridgehead atoms. The van der Waals surface area contributed by atoms with Crippen LogP contribution in [-0.2, 0) is 0 Å². The van der Waals surface area contributed by atoms with Crippen LogP contribution in [0.3, 0.4) is 0 Å². The summed E-state index contributed by atoms with van der Waals surface area (Å²) in [5, 5.41) is 4.34. The van der Waals surface area contributed by atoms with E-state index in [1.54, 1.807) is 6.20 Å². The monoisotopic (exact) mass is 273 g/mol. The second-order valence-corrected chi connectivity index (χ2v) is 5.87. The molecule has 3 heterocycles. The van der Waals surface area contributed by atoms with Crippen LogP contribution >= 0.6 is 23.7 Å². The number of likely N-dealkylation sites (tertiary alicyclic amines) is 1. The quantitative estimate of drug-likeness (QED) is 0.835. The predicted molar refractivity (Wildman–Crippen MR) is 69.9 cm³/mol. The first-order valence-corrected chi connectivity index (χ1v) is 6.48. The van der Waals surface area contributed by atoms with E-state index < -0.39 is 0 Å². The Morgan fingerprint density at radius 2 is 2.12 bits per heavy atom. The number of carbonyl (C=O) groups excluding carboxylic acids is 1. The molecular weight excluding hydrogens is 258 g/mol. The zero-order valence-electron chi connectivity index (χ0n) is 9.68. The molecule has 0 aromatic carbocycles. The highest BCUT2D eigenvalue weighted by Gasteiger charge is 2.38. The third kappa shape index (κ3) is 2.32. The molecular formula is C11H16ClN3OS. The Balaban J connectivity index is 0.00000108. The lowest BCUT2D eigenvalue weighted by atomic mass is 10.0. The van der Waals surface area contributed by atoms with Crippen LogP contribution in [0, 0.1) is 18.8 Å². The number of halogens is 1. The number of carbonyl (C=O) groups is 1. The van der Waals surface area contributed by atoms with E-state index in [-0.39, 0.29) is 18.3 Å². The number of nitrogens with zero attached hydrogens (tertiary/aromatic N) is 2. The summed E-state index contributed by atoms with van der Waals surface area (Å²) in [5.74, 6) is 1.50. The number of amides is 1. The lowest BCUT2D eigenvalue weighted by Gasteiger charge is -2.15. The fourth-order valence-corrected chi connectivity index (χ4v) is 3.38. The Morgan fingerprint density at radius 3 is 2.65 bits per heavy atom. The van der Waals surface area contributed by atoms with Crippen LogP contribution in [0.1, 0.15) is 14.7 Å². The summed E-state index contributed by atoms with van der Waals surface area (Å²) in [6, 6.07) is 0. The van der Waals surface area contributed by atoms with E-state index in [2.05, 4.69) is 10.3 Å². The molecule has 3 rings (SSSR count). The largest absolute Gasteiger partial charge is 0.337 e. The minimum absolute atomic E-state index is 0. The Labute approximate surface area is 111 Å². The van der Waals surface area contributed by atoms with Crippen LogP contribution in [0.15, 0.2) is 6.20 Å². The Hall–Kier alpha value is -0.650. The Bertz CT molecular complexity index is 411. The van der Waals surface area contributed by atoms with Crippen LogP contribution < -0.4 is 5.32 Å². The van der Waals surface area contributed by atoms with Crippen LogP contribution in [-0.4, -0.2) is 42.0 Å². The van der Waals surface area contributed by atoms with E-state index in [1.807, 2.05) is 11.8 Å². The van der Waals surface area contributed by atoms with Gasteiger partial charge in [-0.15, -0.1) is 23.7 Å². The second-order valence-electron chi connectivity index (χ2n) is 4.63. The van der Waals surface area contributed by atoms with Crippen LogP contribution in [0.4, 0.5) is 0 Å². The maximum absolute atomic E-state index is 12.2. The molecule has 1 aromatic rings. The zero-order valence-corrected chi connectivity index (χ0v) is 11.3. The molecule has 0 saturated carbocycles. The summed E-state index contributed by atoms with van der Waals surface area (Å²) in [7, 11) is 0. The highest BCUT2D eigenvalue weighted by molar-refractivity contribution is 7.13. The van der Waals surface area contributed by atoms with Crippen molar-refractivity contribution in [1.29, 1.82) is 0 Å². The molecule has 1 aromatic heterocycles. The van der Waals surface area contributed by atoms with Gasteiger partial charge in [-0.3, -0.25) is 4.79 Å². The van der Waals surface area contributed by atoms with Crippen molar-refractivity contribution in [3.8, 4) is 0 Å². The summed E-state index contributed by atoms with van der Waals surface area (Å²) in [6.45, 7) is 5.89. The van der Waals surface area contributed by atoms with Crippen LogP contribution in [0.25, 0.3) is 0 Å². The maximum Gasteiger partial charge on any atom is 0.265 e. The molecule has 1 N–H and O–H groups in total. The van der Waals surface area contributed by atoms with E-state index in [9.17, 15) is 4.79 Å². The van der Waals surface area contributed by atoms with E-state index in [4.69, 9.17) is 0 Å². The normalized spacial score (nSPS) is 26.8. The number of aryl methyl sites for hydroxylation is 1. The van der Waals surface area contributed by atoms with Crippen molar-refractivity contribution in [3.05, 3.63) is 16.1 Å². The van der Waals surface area contributed by atoms with Gasteiger partial charge in [-0.1, -0.05) is 0 Å². The van der Waals surface area contributed by atoms with E-state index in [0.717, 1.165) is 36.1 Å². The zero-order chi connectivity index (χ0) is 11.1. The molecule has 1 amide bonds. The first-order valence-electron chi connectivity index (χ1n) is 5.66. The average molecular weight is 274 g/mol. The molecule has 0 unspecified atom stereocenters. The van der Waals surface area contributed by atoms with E-state index in [0.29, 0.717) is 11.8 Å². The standard InChI is InChI=1S/C11H15N3OS.ClH/c1-7-13-4-10(16-7)11(15)14-5-8-2-12-3-9(8)6-14;/h4,8-9,12H,2-3,5-6H2,1H3;1H/t8-,9+;. The molecule has 2 aliphatic heterocycles. The van der Waals surface area contributed by atoms with Gasteiger partial charge in [0.1, 0.15) is 4.88 Å². The molecule has 4 nitrogen and oxygen atoms in total. The van der Waals surface area contributed by atoms with Crippen molar-refractivity contribution in [2.24, 2.45) is 11.8 Å². The van der Waals surface area contributed by atoms with Gasteiger partial charge in [0.05, 0.1) is 11.2 Å². The van der Waals surface area contributed by atoms with Crippen molar-refractivity contribution in [1.82, 2.24) is 15.2 Å². The number of aromatic nitrogens is 1. The number of nitrogens with one attached hydrogen (secondary N) is 1. The van der Waals surface area contributed by atoms with Crippen molar-refractivity contribution < 1.29 is 4.79 Å². The van der Waals surface area contributed by atoms with E-state index in [1.165, 1.54) is 11.3 Å². The SMILES string of the molecule is Cc1ncc(C(=O)N2C[C@H]3CNC[C@H]3C2)s1.Cl. The molecule has 2 saturated heterocycles. The van der Waals surface area contributed by atoms with Crippen molar-refractivity contribution in [3.63, 3.8) is 0 Å². The lowest BCUT2D eigenvalue weighted by molar-refractivity contribution is 0.0786. The Morgan fingerprint density at radius 1 is 1.47 bits per heavy atom. The van der Waals surface area contributed by atoms with Crippen molar-refractivity contribution in [2.75, 3.05) is 26.2 Å². The Kier molecular flexibility index (Phi) is 3.70. The lowest BCUT2D eigenvalue weighted by Crippen LogP contribution is -2.31. The molecule has 2 atom stereocenters. The minimum Gasteiger partial charge on any atom is -0.337 e. The minimum atomic E-state index is 0. The molecule has 94 valence electrons. The van der Waals surface area contributed by atoms with Crippen molar-refractivity contribution >= 4 is 29.7 Å². The van der Waals surface area contributed by atoms with Gasteiger partial charge in [-0.2, -0.15) is 0 Å². The summed E-state index contributed by atoms with van der Waals surface area (Å²) in [4.78, 5) is 19.1. The third-order valence-electron chi connectivity index (χ3n) is 3.51. The van der Waals surface area contributed by atoms with Gasteiger partial charge >= 0.3 is 0 Å². The molecule has 0 aliphatic carbocycles. The molecule has 0 spiro atoms. The topological polar surface area (TPSA) is 45.2 Å². The maximum atomic E-state index is 12.2. The third-order valence-corrected chi connectivity index (χ3v) is 4.41. The summed E-state index contributed by atoms with van der Waals surface area (Å²) in [6.07, 6.45) is 1.70. The summed E-state index contributed by atoms with van der Waals surface area (Å²) in [5.41, 5.74) is 0. The highest BCUT2D eigenvalue weighted by Crippen LogP contribution is 2.28. The highest BCUT2D eigenvalue weighted by atomic mass is 35.5. The molecule has 17 heavy (non-hydrogen) atoms. The predicted octanol–water partition coefficient (Wildman–Crippen LogP) is 1.16. The smallest absolute Gasteiger partial charge is 0.265 e. The number of rotatable bonds is 1. The summed E-state index contributed by atoms with van der Waals surface area (Å²) < 4.78 is 0. The van der Waals surface area contributed by atoms with Crippen molar-refractivity contribution in [2.45, 2.75) is 6.92 Å². The van der Waals surface area contributed by atoms with Gasteiger partial charge in [0, 0.05) is 26.2 Å². The molecule has 2 aliphatic rings.